The summed E-state index contributed by atoms with van der Waals surface area (Å²) in [4.78, 5) is 21.9. The average molecular weight is 277 g/mol. The Hall–Kier alpha value is -2.97. The van der Waals surface area contributed by atoms with Crippen molar-refractivity contribution in [2.24, 2.45) is 0 Å². The van der Waals surface area contributed by atoms with E-state index in [4.69, 9.17) is 9.47 Å². The first-order chi connectivity index (χ1) is 9.62. The number of non-ortho nitro benzene ring substituents is 1. The lowest BCUT2D eigenvalue weighted by Gasteiger charge is -2.06. The maximum absolute atomic E-state index is 10.5. The number of hydrogen-bond donors (Lipinski definition) is 1. The lowest BCUT2D eigenvalue weighted by Crippen LogP contribution is -2.03. The maximum atomic E-state index is 10.5. The Balaban J connectivity index is 2.22. The van der Waals surface area contributed by atoms with Crippen LogP contribution in [0.2, 0.25) is 0 Å². The molecular weight excluding hydrogens is 266 g/mol. The molecule has 9 nitrogen and oxygen atoms in total. The van der Waals surface area contributed by atoms with Gasteiger partial charge in [-0.3, -0.25) is 10.1 Å². The van der Waals surface area contributed by atoms with Gasteiger partial charge in [-0.15, -0.1) is 4.98 Å². The van der Waals surface area contributed by atoms with Crippen molar-refractivity contribution >= 4 is 11.6 Å². The predicted molar refractivity (Wildman–Crippen MR) is 69.1 cm³/mol. The lowest BCUT2D eigenvalue weighted by molar-refractivity contribution is -0.384. The number of aromatic nitrogens is 3. The van der Waals surface area contributed by atoms with Crippen LogP contribution in [0.3, 0.4) is 0 Å². The van der Waals surface area contributed by atoms with Gasteiger partial charge in [-0.25, -0.2) is 0 Å². The Kier molecular flexibility index (Phi) is 3.89. The van der Waals surface area contributed by atoms with Crippen LogP contribution < -0.4 is 14.8 Å². The van der Waals surface area contributed by atoms with Gasteiger partial charge in [0, 0.05) is 19.2 Å². The summed E-state index contributed by atoms with van der Waals surface area (Å²) in [6.45, 7) is 0. The zero-order valence-corrected chi connectivity index (χ0v) is 10.7. The molecule has 1 N–H and O–H groups in total. The van der Waals surface area contributed by atoms with Crippen LogP contribution in [0.1, 0.15) is 0 Å². The second kappa shape index (κ2) is 5.78. The standard InChI is InChI=1S/C11H11N5O4/c1-12-9-13-10(19-2)15-11(14-9)20-8-5-3-7(4-6-8)16(17)18/h3-6H,1-2H3,(H,12,13,14,15). The van der Waals surface area contributed by atoms with Gasteiger partial charge in [0.25, 0.3) is 5.69 Å². The summed E-state index contributed by atoms with van der Waals surface area (Å²) in [7, 11) is 3.06. The number of benzene rings is 1. The number of nitrogens with one attached hydrogen (secondary N) is 1. The second-order valence-corrected chi connectivity index (χ2v) is 3.53. The summed E-state index contributed by atoms with van der Waals surface area (Å²) in [6, 6.07) is 5.68. The first-order valence-electron chi connectivity index (χ1n) is 5.52. The number of hydrogen-bond acceptors (Lipinski definition) is 8. The molecule has 0 saturated heterocycles. The van der Waals surface area contributed by atoms with E-state index in [9.17, 15) is 10.1 Å². The highest BCUT2D eigenvalue weighted by atomic mass is 16.6. The van der Waals surface area contributed by atoms with Crippen LogP contribution in [-0.2, 0) is 0 Å². The molecule has 0 bridgehead atoms. The van der Waals surface area contributed by atoms with E-state index in [1.54, 1.807) is 7.05 Å². The molecule has 2 rings (SSSR count). The van der Waals surface area contributed by atoms with Crippen molar-refractivity contribution in [1.82, 2.24) is 15.0 Å². The SMILES string of the molecule is CNc1nc(OC)nc(Oc2ccc([N+](=O)[O-])cc2)n1. The zero-order chi connectivity index (χ0) is 14.5. The van der Waals surface area contributed by atoms with Gasteiger partial charge in [0.1, 0.15) is 5.75 Å². The molecule has 0 radical (unpaired) electrons. The van der Waals surface area contributed by atoms with Gasteiger partial charge in [0.15, 0.2) is 0 Å². The highest BCUT2D eigenvalue weighted by Gasteiger charge is 2.09. The van der Waals surface area contributed by atoms with Crippen molar-refractivity contribution in [2.75, 3.05) is 19.5 Å². The molecule has 0 aliphatic heterocycles. The third-order valence-corrected chi connectivity index (χ3v) is 2.26. The zero-order valence-electron chi connectivity index (χ0n) is 10.7. The summed E-state index contributed by atoms with van der Waals surface area (Å²) in [5.74, 6) is 0.652. The van der Waals surface area contributed by atoms with Crippen LogP contribution in [0, 0.1) is 10.1 Å². The molecule has 20 heavy (non-hydrogen) atoms. The lowest BCUT2D eigenvalue weighted by atomic mass is 10.3. The van der Waals surface area contributed by atoms with E-state index in [0.29, 0.717) is 5.75 Å². The van der Waals surface area contributed by atoms with Crippen LogP contribution in [-0.4, -0.2) is 34.0 Å². The highest BCUT2D eigenvalue weighted by molar-refractivity contribution is 5.37. The summed E-state index contributed by atoms with van der Waals surface area (Å²) in [6.07, 6.45) is 0. The quantitative estimate of drug-likeness (QED) is 0.648. The van der Waals surface area contributed by atoms with E-state index in [1.807, 2.05) is 0 Å². The number of anilines is 1. The van der Waals surface area contributed by atoms with Crippen molar-refractivity contribution in [1.29, 1.82) is 0 Å². The van der Waals surface area contributed by atoms with E-state index in [-0.39, 0.29) is 23.7 Å². The normalized spacial score (nSPS) is 9.90. The van der Waals surface area contributed by atoms with E-state index in [2.05, 4.69) is 20.3 Å². The Morgan fingerprint density at radius 3 is 2.35 bits per heavy atom. The van der Waals surface area contributed by atoms with Crippen LogP contribution in [0.15, 0.2) is 24.3 Å². The highest BCUT2D eigenvalue weighted by Crippen LogP contribution is 2.22. The largest absolute Gasteiger partial charge is 0.467 e. The summed E-state index contributed by atoms with van der Waals surface area (Å²) in [5, 5.41) is 13.3. The molecule has 2 aromatic rings. The Labute approximate surface area is 113 Å². The van der Waals surface area contributed by atoms with Crippen molar-refractivity contribution in [2.45, 2.75) is 0 Å². The van der Waals surface area contributed by atoms with Gasteiger partial charge < -0.3 is 14.8 Å². The Bertz CT molecular complexity index is 594. The smallest absolute Gasteiger partial charge is 0.330 e. The molecule has 0 aliphatic rings. The number of methoxy groups -OCH3 is 1. The van der Waals surface area contributed by atoms with E-state index in [1.165, 1.54) is 31.4 Å². The fourth-order valence-electron chi connectivity index (χ4n) is 1.33. The molecule has 104 valence electrons. The first-order valence-corrected chi connectivity index (χ1v) is 5.52. The number of ether oxygens (including phenoxy) is 2. The van der Waals surface area contributed by atoms with Crippen molar-refractivity contribution < 1.29 is 14.4 Å². The molecule has 1 aromatic heterocycles. The molecule has 0 spiro atoms. The molecule has 0 fully saturated rings. The molecule has 0 aliphatic carbocycles. The van der Waals surface area contributed by atoms with Crippen molar-refractivity contribution in [3.8, 4) is 17.8 Å². The third kappa shape index (κ3) is 3.07. The Morgan fingerprint density at radius 1 is 1.15 bits per heavy atom. The molecule has 0 saturated carbocycles. The predicted octanol–water partition coefficient (Wildman–Crippen LogP) is 1.62. The molecule has 9 heteroatoms. The van der Waals surface area contributed by atoms with E-state index >= 15 is 0 Å². The Morgan fingerprint density at radius 2 is 1.80 bits per heavy atom. The fourth-order valence-corrected chi connectivity index (χ4v) is 1.33. The van der Waals surface area contributed by atoms with Gasteiger partial charge in [-0.2, -0.15) is 9.97 Å². The topological polar surface area (TPSA) is 112 Å². The number of nitro benzene ring substituents is 1. The van der Waals surface area contributed by atoms with Gasteiger partial charge in [-0.05, 0) is 12.1 Å². The minimum absolute atomic E-state index is 0.0232. The summed E-state index contributed by atoms with van der Waals surface area (Å²) >= 11 is 0. The van der Waals surface area contributed by atoms with Gasteiger partial charge in [-0.1, -0.05) is 0 Å². The molecule has 1 aromatic carbocycles. The molecule has 0 atom stereocenters. The molecule has 0 amide bonds. The second-order valence-electron chi connectivity index (χ2n) is 3.53. The number of rotatable bonds is 5. The van der Waals surface area contributed by atoms with E-state index < -0.39 is 4.92 Å². The van der Waals surface area contributed by atoms with Gasteiger partial charge >= 0.3 is 12.0 Å². The molecule has 0 unspecified atom stereocenters. The van der Waals surface area contributed by atoms with Crippen LogP contribution in [0.25, 0.3) is 0 Å². The maximum Gasteiger partial charge on any atom is 0.330 e. The van der Waals surface area contributed by atoms with Crippen molar-refractivity contribution in [3.05, 3.63) is 34.4 Å². The van der Waals surface area contributed by atoms with Crippen LogP contribution in [0.5, 0.6) is 17.8 Å². The number of nitro groups is 1. The van der Waals surface area contributed by atoms with E-state index in [0.717, 1.165) is 0 Å². The molecular formula is C11H11N5O4. The number of nitrogens with zero attached hydrogens (tertiary/aromatic N) is 4. The monoisotopic (exact) mass is 277 g/mol. The minimum Gasteiger partial charge on any atom is -0.467 e. The summed E-state index contributed by atoms with van der Waals surface area (Å²) in [5.41, 5.74) is -0.0264. The minimum atomic E-state index is -0.491. The van der Waals surface area contributed by atoms with Crippen LogP contribution in [0.4, 0.5) is 11.6 Å². The third-order valence-electron chi connectivity index (χ3n) is 2.26. The van der Waals surface area contributed by atoms with Gasteiger partial charge in [0.2, 0.25) is 5.95 Å². The van der Waals surface area contributed by atoms with Gasteiger partial charge in [0.05, 0.1) is 12.0 Å². The fraction of sp³-hybridized carbons (Fsp3) is 0.182. The molecule has 1 heterocycles. The summed E-state index contributed by atoms with van der Waals surface area (Å²) < 4.78 is 10.3. The van der Waals surface area contributed by atoms with Crippen molar-refractivity contribution in [3.63, 3.8) is 0 Å². The average Bonchev–Trinajstić information content (AvgIpc) is 2.47. The first kappa shape index (κ1) is 13.5. The van der Waals surface area contributed by atoms with Crippen LogP contribution >= 0.6 is 0 Å².